The van der Waals surface area contributed by atoms with Crippen molar-refractivity contribution in [3.63, 3.8) is 0 Å². The Kier molecular flexibility index (Phi) is 4.11. The van der Waals surface area contributed by atoms with Gasteiger partial charge in [0, 0.05) is 12.8 Å². The zero-order valence-electron chi connectivity index (χ0n) is 11.9. The SMILES string of the molecule is Cc1ccc(Cc2noc(CC3CCCNC3)n2)cc1. The van der Waals surface area contributed by atoms with Crippen molar-refractivity contribution < 1.29 is 4.52 Å². The van der Waals surface area contributed by atoms with Crippen molar-refractivity contribution in [2.75, 3.05) is 13.1 Å². The highest BCUT2D eigenvalue weighted by Gasteiger charge is 2.17. The Morgan fingerprint density at radius 3 is 2.90 bits per heavy atom. The first kappa shape index (κ1) is 13.3. The molecule has 4 nitrogen and oxygen atoms in total. The van der Waals surface area contributed by atoms with Gasteiger partial charge in [-0.1, -0.05) is 35.0 Å². The van der Waals surface area contributed by atoms with Gasteiger partial charge in [0.1, 0.15) is 0 Å². The van der Waals surface area contributed by atoms with E-state index in [9.17, 15) is 0 Å². The summed E-state index contributed by atoms with van der Waals surface area (Å²) in [4.78, 5) is 4.52. The normalized spacial score (nSPS) is 19.1. The van der Waals surface area contributed by atoms with Crippen LogP contribution in [0.3, 0.4) is 0 Å². The van der Waals surface area contributed by atoms with E-state index < -0.39 is 0 Å². The van der Waals surface area contributed by atoms with Crippen LogP contribution >= 0.6 is 0 Å². The van der Waals surface area contributed by atoms with Gasteiger partial charge in [0.15, 0.2) is 5.82 Å². The highest BCUT2D eigenvalue weighted by molar-refractivity contribution is 5.23. The molecule has 3 rings (SSSR count). The smallest absolute Gasteiger partial charge is 0.226 e. The van der Waals surface area contributed by atoms with E-state index in [4.69, 9.17) is 4.52 Å². The van der Waals surface area contributed by atoms with Crippen LogP contribution in [0.1, 0.15) is 35.7 Å². The second-order valence-electron chi connectivity index (χ2n) is 5.68. The Morgan fingerprint density at radius 2 is 2.15 bits per heavy atom. The molecule has 1 N–H and O–H groups in total. The van der Waals surface area contributed by atoms with Gasteiger partial charge in [-0.15, -0.1) is 0 Å². The zero-order chi connectivity index (χ0) is 13.8. The molecule has 1 atom stereocenters. The Hall–Kier alpha value is -1.68. The van der Waals surface area contributed by atoms with Gasteiger partial charge in [-0.2, -0.15) is 4.98 Å². The van der Waals surface area contributed by atoms with Crippen LogP contribution in [0.4, 0.5) is 0 Å². The molecule has 0 aliphatic carbocycles. The van der Waals surface area contributed by atoms with Crippen molar-refractivity contribution >= 4 is 0 Å². The summed E-state index contributed by atoms with van der Waals surface area (Å²) in [5.41, 5.74) is 2.50. The van der Waals surface area contributed by atoms with Gasteiger partial charge >= 0.3 is 0 Å². The molecule has 106 valence electrons. The molecule has 0 radical (unpaired) electrons. The van der Waals surface area contributed by atoms with Crippen molar-refractivity contribution in [2.24, 2.45) is 5.92 Å². The van der Waals surface area contributed by atoms with Crippen LogP contribution in [-0.2, 0) is 12.8 Å². The molecule has 2 aromatic rings. The molecule has 1 saturated heterocycles. The van der Waals surface area contributed by atoms with Gasteiger partial charge in [0.05, 0.1) is 0 Å². The van der Waals surface area contributed by atoms with E-state index in [0.717, 1.165) is 37.6 Å². The van der Waals surface area contributed by atoms with Crippen LogP contribution in [0.5, 0.6) is 0 Å². The molecule has 1 unspecified atom stereocenters. The van der Waals surface area contributed by atoms with Gasteiger partial charge in [0.2, 0.25) is 5.89 Å². The van der Waals surface area contributed by atoms with Crippen LogP contribution in [-0.4, -0.2) is 23.2 Å². The minimum absolute atomic E-state index is 0.636. The molecular weight excluding hydrogens is 250 g/mol. The number of nitrogens with one attached hydrogen (secondary N) is 1. The van der Waals surface area contributed by atoms with E-state index in [1.54, 1.807) is 0 Å². The van der Waals surface area contributed by atoms with Crippen molar-refractivity contribution in [3.05, 3.63) is 47.1 Å². The molecule has 0 spiro atoms. The summed E-state index contributed by atoms with van der Waals surface area (Å²) in [5.74, 6) is 2.20. The minimum Gasteiger partial charge on any atom is -0.339 e. The highest BCUT2D eigenvalue weighted by Crippen LogP contribution is 2.16. The number of rotatable bonds is 4. The summed E-state index contributed by atoms with van der Waals surface area (Å²) in [7, 11) is 0. The van der Waals surface area contributed by atoms with Gasteiger partial charge in [-0.3, -0.25) is 0 Å². The summed E-state index contributed by atoms with van der Waals surface area (Å²) in [6, 6.07) is 8.47. The summed E-state index contributed by atoms with van der Waals surface area (Å²) < 4.78 is 5.37. The maximum Gasteiger partial charge on any atom is 0.226 e. The fourth-order valence-electron chi connectivity index (χ4n) is 2.68. The molecule has 0 saturated carbocycles. The van der Waals surface area contributed by atoms with Crippen molar-refractivity contribution in [1.29, 1.82) is 0 Å². The lowest BCUT2D eigenvalue weighted by Gasteiger charge is -2.20. The Morgan fingerprint density at radius 1 is 1.30 bits per heavy atom. The molecule has 4 heteroatoms. The maximum atomic E-state index is 5.37. The fourth-order valence-corrected chi connectivity index (χ4v) is 2.68. The molecule has 1 aliphatic heterocycles. The van der Waals surface area contributed by atoms with Crippen LogP contribution in [0.2, 0.25) is 0 Å². The Labute approximate surface area is 119 Å². The number of aryl methyl sites for hydroxylation is 1. The molecule has 1 aliphatic rings. The predicted molar refractivity (Wildman–Crippen MR) is 77.6 cm³/mol. The molecule has 2 heterocycles. The maximum absolute atomic E-state index is 5.37. The number of aromatic nitrogens is 2. The molecule has 20 heavy (non-hydrogen) atoms. The number of piperidine rings is 1. The quantitative estimate of drug-likeness (QED) is 0.928. The lowest BCUT2D eigenvalue weighted by atomic mass is 9.96. The average Bonchev–Trinajstić information content (AvgIpc) is 2.90. The number of hydrogen-bond donors (Lipinski definition) is 1. The van der Waals surface area contributed by atoms with E-state index in [1.807, 2.05) is 0 Å². The van der Waals surface area contributed by atoms with Crippen LogP contribution in [0, 0.1) is 12.8 Å². The standard InChI is InChI=1S/C16H21N3O/c1-12-4-6-13(7-5-12)9-15-18-16(20-19-15)10-14-3-2-8-17-11-14/h4-7,14,17H,2-3,8-11H2,1H3. The van der Waals surface area contributed by atoms with Crippen molar-refractivity contribution in [2.45, 2.75) is 32.6 Å². The summed E-state index contributed by atoms with van der Waals surface area (Å²) in [6.45, 7) is 4.29. The van der Waals surface area contributed by atoms with Crippen LogP contribution in [0.15, 0.2) is 28.8 Å². The van der Waals surface area contributed by atoms with Gasteiger partial charge in [0.25, 0.3) is 0 Å². The highest BCUT2D eigenvalue weighted by atomic mass is 16.5. The Balaban J connectivity index is 1.60. The zero-order valence-corrected chi connectivity index (χ0v) is 11.9. The summed E-state index contributed by atoms with van der Waals surface area (Å²) in [5, 5.41) is 7.51. The van der Waals surface area contributed by atoms with Crippen LogP contribution in [0.25, 0.3) is 0 Å². The van der Waals surface area contributed by atoms with Gasteiger partial charge in [-0.05, 0) is 44.3 Å². The van der Waals surface area contributed by atoms with Gasteiger partial charge in [-0.25, -0.2) is 0 Å². The number of hydrogen-bond acceptors (Lipinski definition) is 4. The second-order valence-corrected chi connectivity index (χ2v) is 5.68. The van der Waals surface area contributed by atoms with E-state index in [0.29, 0.717) is 5.92 Å². The van der Waals surface area contributed by atoms with Gasteiger partial charge < -0.3 is 9.84 Å². The van der Waals surface area contributed by atoms with Crippen molar-refractivity contribution in [1.82, 2.24) is 15.5 Å². The first-order valence-corrected chi connectivity index (χ1v) is 7.37. The molecule has 0 bridgehead atoms. The third-order valence-electron chi connectivity index (χ3n) is 3.86. The number of nitrogens with zero attached hydrogens (tertiary/aromatic N) is 2. The van der Waals surface area contributed by atoms with Crippen LogP contribution < -0.4 is 5.32 Å². The largest absolute Gasteiger partial charge is 0.339 e. The van der Waals surface area contributed by atoms with E-state index in [-0.39, 0.29) is 0 Å². The second kappa shape index (κ2) is 6.18. The minimum atomic E-state index is 0.636. The molecule has 0 amide bonds. The molecule has 1 fully saturated rings. The lowest BCUT2D eigenvalue weighted by molar-refractivity contribution is 0.314. The lowest BCUT2D eigenvalue weighted by Crippen LogP contribution is -2.30. The average molecular weight is 271 g/mol. The fraction of sp³-hybridized carbons (Fsp3) is 0.500. The topological polar surface area (TPSA) is 51.0 Å². The van der Waals surface area contributed by atoms with Crippen molar-refractivity contribution in [3.8, 4) is 0 Å². The first-order valence-electron chi connectivity index (χ1n) is 7.37. The monoisotopic (exact) mass is 271 g/mol. The summed E-state index contributed by atoms with van der Waals surface area (Å²) in [6.07, 6.45) is 4.14. The predicted octanol–water partition coefficient (Wildman–Crippen LogP) is 2.51. The van der Waals surface area contributed by atoms with E-state index in [2.05, 4.69) is 46.6 Å². The molecular formula is C16H21N3O. The first-order chi connectivity index (χ1) is 9.79. The molecule has 1 aromatic carbocycles. The number of benzene rings is 1. The third kappa shape index (κ3) is 3.45. The van der Waals surface area contributed by atoms with E-state index in [1.165, 1.54) is 24.0 Å². The summed E-state index contributed by atoms with van der Waals surface area (Å²) >= 11 is 0. The Bertz CT molecular complexity index is 541. The van der Waals surface area contributed by atoms with E-state index >= 15 is 0 Å². The third-order valence-corrected chi connectivity index (χ3v) is 3.86. The molecule has 1 aromatic heterocycles.